The molecular formula is C7H14O2. The minimum Gasteiger partial charge on any atom is -0.396 e. The van der Waals surface area contributed by atoms with Crippen molar-refractivity contribution < 1.29 is 10.2 Å². The highest BCUT2D eigenvalue weighted by Crippen LogP contribution is 2.40. The summed E-state index contributed by atoms with van der Waals surface area (Å²) in [6.45, 7) is 2.10. The van der Waals surface area contributed by atoms with Crippen molar-refractivity contribution in [3.05, 3.63) is 0 Å². The predicted octanol–water partition coefficient (Wildman–Crippen LogP) is 0.530. The lowest BCUT2D eigenvalue weighted by atomic mass is 9.68. The monoisotopic (exact) mass is 130 g/mol. The molecule has 0 amide bonds. The van der Waals surface area contributed by atoms with Crippen LogP contribution in [-0.4, -0.2) is 22.4 Å². The standard InChI is InChI=1S/C7H14O2/c1-2-7(9)4-3-6(7)5-8/h6,8-9H,2-5H2,1H3. The van der Waals surface area contributed by atoms with Crippen molar-refractivity contribution in [2.75, 3.05) is 6.61 Å². The maximum absolute atomic E-state index is 9.52. The van der Waals surface area contributed by atoms with Crippen molar-refractivity contribution in [2.45, 2.75) is 31.8 Å². The first-order valence-electron chi connectivity index (χ1n) is 3.56. The molecule has 54 valence electrons. The molecule has 0 aromatic carbocycles. The van der Waals surface area contributed by atoms with Gasteiger partial charge in [0.05, 0.1) is 5.60 Å². The van der Waals surface area contributed by atoms with Gasteiger partial charge in [0.15, 0.2) is 0 Å². The van der Waals surface area contributed by atoms with E-state index in [1.165, 1.54) is 0 Å². The van der Waals surface area contributed by atoms with Crippen molar-refractivity contribution in [1.29, 1.82) is 0 Å². The second-order valence-corrected chi connectivity index (χ2v) is 2.88. The van der Waals surface area contributed by atoms with Gasteiger partial charge >= 0.3 is 0 Å². The highest BCUT2D eigenvalue weighted by atomic mass is 16.3. The molecule has 1 rings (SSSR count). The number of aliphatic hydroxyl groups excluding tert-OH is 1. The summed E-state index contributed by atoms with van der Waals surface area (Å²) >= 11 is 0. The van der Waals surface area contributed by atoms with Crippen LogP contribution in [-0.2, 0) is 0 Å². The van der Waals surface area contributed by atoms with E-state index in [-0.39, 0.29) is 12.5 Å². The van der Waals surface area contributed by atoms with Crippen molar-refractivity contribution in [3.8, 4) is 0 Å². The Morgan fingerprint density at radius 1 is 1.67 bits per heavy atom. The van der Waals surface area contributed by atoms with Gasteiger partial charge in [0, 0.05) is 12.5 Å². The van der Waals surface area contributed by atoms with Crippen LogP contribution in [0, 0.1) is 5.92 Å². The Morgan fingerprint density at radius 2 is 2.33 bits per heavy atom. The molecular weight excluding hydrogens is 116 g/mol. The van der Waals surface area contributed by atoms with Crippen LogP contribution in [0.5, 0.6) is 0 Å². The highest BCUT2D eigenvalue weighted by molar-refractivity contribution is 4.94. The van der Waals surface area contributed by atoms with Crippen LogP contribution in [0.25, 0.3) is 0 Å². The summed E-state index contributed by atoms with van der Waals surface area (Å²) in [5.74, 6) is 0.155. The number of hydrogen-bond donors (Lipinski definition) is 2. The zero-order valence-electron chi connectivity index (χ0n) is 5.80. The van der Waals surface area contributed by atoms with Crippen LogP contribution in [0.3, 0.4) is 0 Å². The largest absolute Gasteiger partial charge is 0.396 e. The Bertz CT molecular complexity index is 97.1. The van der Waals surface area contributed by atoms with E-state index in [2.05, 4.69) is 0 Å². The van der Waals surface area contributed by atoms with Gasteiger partial charge in [-0.3, -0.25) is 0 Å². The Morgan fingerprint density at radius 3 is 2.44 bits per heavy atom. The van der Waals surface area contributed by atoms with Gasteiger partial charge < -0.3 is 10.2 Å². The van der Waals surface area contributed by atoms with Crippen LogP contribution < -0.4 is 0 Å². The molecule has 0 radical (unpaired) electrons. The third-order valence-electron chi connectivity index (χ3n) is 2.52. The minimum absolute atomic E-state index is 0.143. The second-order valence-electron chi connectivity index (χ2n) is 2.88. The highest BCUT2D eigenvalue weighted by Gasteiger charge is 2.42. The van der Waals surface area contributed by atoms with Crippen LogP contribution >= 0.6 is 0 Å². The zero-order valence-corrected chi connectivity index (χ0v) is 5.80. The third-order valence-corrected chi connectivity index (χ3v) is 2.52. The summed E-state index contributed by atoms with van der Waals surface area (Å²) in [6.07, 6.45) is 2.63. The third kappa shape index (κ3) is 0.970. The van der Waals surface area contributed by atoms with Gasteiger partial charge in [0.1, 0.15) is 0 Å². The molecule has 0 aliphatic heterocycles. The lowest BCUT2D eigenvalue weighted by Gasteiger charge is -2.44. The molecule has 0 aromatic heterocycles. The Kier molecular flexibility index (Phi) is 1.78. The van der Waals surface area contributed by atoms with Crippen molar-refractivity contribution in [2.24, 2.45) is 5.92 Å². The van der Waals surface area contributed by atoms with Crippen LogP contribution in [0.4, 0.5) is 0 Å². The molecule has 0 saturated heterocycles. The lowest BCUT2D eigenvalue weighted by molar-refractivity contribution is -0.114. The molecule has 9 heavy (non-hydrogen) atoms. The Labute approximate surface area is 55.5 Å². The molecule has 0 spiro atoms. The summed E-state index contributed by atoms with van der Waals surface area (Å²) in [4.78, 5) is 0. The predicted molar refractivity (Wildman–Crippen MR) is 35.1 cm³/mol. The average molecular weight is 130 g/mol. The maximum Gasteiger partial charge on any atom is 0.0695 e. The second kappa shape index (κ2) is 2.27. The molecule has 2 heteroatoms. The van der Waals surface area contributed by atoms with E-state index in [1.807, 2.05) is 6.92 Å². The van der Waals surface area contributed by atoms with Crippen LogP contribution in [0.15, 0.2) is 0 Å². The zero-order chi connectivity index (χ0) is 6.91. The SMILES string of the molecule is CCC1(O)CCC1CO. The molecule has 1 aliphatic carbocycles. The first kappa shape index (κ1) is 7.03. The Balaban J connectivity index is 2.41. The molecule has 0 bridgehead atoms. The molecule has 1 saturated carbocycles. The molecule has 2 atom stereocenters. The van der Waals surface area contributed by atoms with Crippen molar-refractivity contribution in [3.63, 3.8) is 0 Å². The van der Waals surface area contributed by atoms with Gasteiger partial charge in [-0.15, -0.1) is 0 Å². The smallest absolute Gasteiger partial charge is 0.0695 e. The first-order valence-corrected chi connectivity index (χ1v) is 3.56. The number of rotatable bonds is 2. The van der Waals surface area contributed by atoms with Gasteiger partial charge in [-0.25, -0.2) is 0 Å². The summed E-state index contributed by atoms with van der Waals surface area (Å²) in [6, 6.07) is 0. The summed E-state index contributed by atoms with van der Waals surface area (Å²) in [5, 5.41) is 18.2. The quantitative estimate of drug-likeness (QED) is 0.572. The molecule has 1 aliphatic rings. The van der Waals surface area contributed by atoms with E-state index in [0.29, 0.717) is 0 Å². The molecule has 0 aromatic rings. The molecule has 1 fully saturated rings. The fourth-order valence-electron chi connectivity index (χ4n) is 1.41. The summed E-state index contributed by atoms with van der Waals surface area (Å²) in [7, 11) is 0. The van der Waals surface area contributed by atoms with E-state index in [1.54, 1.807) is 0 Å². The summed E-state index contributed by atoms with van der Waals surface area (Å²) < 4.78 is 0. The fourth-order valence-corrected chi connectivity index (χ4v) is 1.41. The lowest BCUT2D eigenvalue weighted by Crippen LogP contribution is -2.48. The molecule has 2 N–H and O–H groups in total. The minimum atomic E-state index is -0.519. The van der Waals surface area contributed by atoms with E-state index in [0.717, 1.165) is 19.3 Å². The van der Waals surface area contributed by atoms with Gasteiger partial charge in [-0.2, -0.15) is 0 Å². The first-order chi connectivity index (χ1) is 4.23. The average Bonchev–Trinajstić information content (AvgIpc) is 1.85. The van der Waals surface area contributed by atoms with Gasteiger partial charge in [0.2, 0.25) is 0 Å². The fraction of sp³-hybridized carbons (Fsp3) is 1.00. The number of hydrogen-bond acceptors (Lipinski definition) is 2. The van der Waals surface area contributed by atoms with Gasteiger partial charge in [-0.1, -0.05) is 6.92 Å². The summed E-state index contributed by atoms with van der Waals surface area (Å²) in [5.41, 5.74) is -0.519. The van der Waals surface area contributed by atoms with Crippen LogP contribution in [0.1, 0.15) is 26.2 Å². The number of aliphatic hydroxyl groups is 2. The van der Waals surface area contributed by atoms with Crippen molar-refractivity contribution >= 4 is 0 Å². The van der Waals surface area contributed by atoms with Gasteiger partial charge in [0.25, 0.3) is 0 Å². The molecule has 2 unspecified atom stereocenters. The normalized spacial score (nSPS) is 42.3. The molecule has 2 nitrogen and oxygen atoms in total. The van der Waals surface area contributed by atoms with E-state index in [4.69, 9.17) is 5.11 Å². The van der Waals surface area contributed by atoms with Crippen molar-refractivity contribution in [1.82, 2.24) is 0 Å². The van der Waals surface area contributed by atoms with E-state index >= 15 is 0 Å². The van der Waals surface area contributed by atoms with E-state index < -0.39 is 5.60 Å². The molecule has 0 heterocycles. The topological polar surface area (TPSA) is 40.5 Å². The van der Waals surface area contributed by atoms with Crippen LogP contribution in [0.2, 0.25) is 0 Å². The van der Waals surface area contributed by atoms with E-state index in [9.17, 15) is 5.11 Å². The maximum atomic E-state index is 9.52. The van der Waals surface area contributed by atoms with Gasteiger partial charge in [-0.05, 0) is 19.3 Å². The Hall–Kier alpha value is -0.0800.